The van der Waals surface area contributed by atoms with Crippen molar-refractivity contribution in [2.45, 2.75) is 19.5 Å². The van der Waals surface area contributed by atoms with Gasteiger partial charge in [-0.2, -0.15) is 0 Å². The van der Waals surface area contributed by atoms with Crippen LogP contribution in [0.3, 0.4) is 0 Å². The number of rotatable bonds is 3. The van der Waals surface area contributed by atoms with Crippen molar-refractivity contribution in [2.24, 2.45) is 0 Å². The lowest BCUT2D eigenvalue weighted by Gasteiger charge is -2.30. The summed E-state index contributed by atoms with van der Waals surface area (Å²) in [5, 5.41) is 6.66. The predicted octanol–water partition coefficient (Wildman–Crippen LogP) is -0.218. The number of ether oxygens (including phenoxy) is 1. The number of esters is 1. The van der Waals surface area contributed by atoms with Crippen molar-refractivity contribution in [3.8, 4) is 0 Å². The average molecular weight is 253 g/mol. The molecular formula is C11H15N3O4. The number of amides is 1. The van der Waals surface area contributed by atoms with Gasteiger partial charge in [-0.3, -0.25) is 4.79 Å². The summed E-state index contributed by atoms with van der Waals surface area (Å²) in [7, 11) is 1.28. The highest BCUT2D eigenvalue weighted by molar-refractivity contribution is 5.87. The second-order valence-electron chi connectivity index (χ2n) is 4.11. The average Bonchev–Trinajstić information content (AvgIpc) is 2.82. The molecule has 0 aromatic carbocycles. The quantitative estimate of drug-likeness (QED) is 0.750. The van der Waals surface area contributed by atoms with E-state index in [0.29, 0.717) is 18.8 Å². The Morgan fingerprint density at radius 1 is 1.72 bits per heavy atom. The zero-order chi connectivity index (χ0) is 13.1. The Labute approximate surface area is 104 Å². The summed E-state index contributed by atoms with van der Waals surface area (Å²) in [6, 6.07) is 1.30. The number of methoxy groups -OCH3 is 1. The topological polar surface area (TPSA) is 84.7 Å². The highest BCUT2D eigenvalue weighted by Crippen LogP contribution is 2.11. The SMILES string of the molecule is COC(=O)c1cc(CN2CCNC(C)C2=O)on1. The molecule has 1 unspecified atom stereocenters. The zero-order valence-corrected chi connectivity index (χ0v) is 10.3. The van der Waals surface area contributed by atoms with Gasteiger partial charge in [0.15, 0.2) is 11.5 Å². The molecule has 7 heteroatoms. The van der Waals surface area contributed by atoms with Crippen molar-refractivity contribution in [3.63, 3.8) is 0 Å². The second kappa shape index (κ2) is 5.18. The molecule has 2 rings (SSSR count). The fourth-order valence-corrected chi connectivity index (χ4v) is 1.82. The van der Waals surface area contributed by atoms with Gasteiger partial charge < -0.3 is 19.5 Å². The number of hydrogen-bond acceptors (Lipinski definition) is 6. The predicted molar refractivity (Wildman–Crippen MR) is 60.7 cm³/mol. The molecular weight excluding hydrogens is 238 g/mol. The Bertz CT molecular complexity index is 457. The van der Waals surface area contributed by atoms with E-state index in [1.165, 1.54) is 13.2 Å². The monoisotopic (exact) mass is 253 g/mol. The molecule has 18 heavy (non-hydrogen) atoms. The summed E-state index contributed by atoms with van der Waals surface area (Å²) in [4.78, 5) is 24.7. The first-order chi connectivity index (χ1) is 8.61. The van der Waals surface area contributed by atoms with Crippen LogP contribution in [0.15, 0.2) is 10.6 Å². The van der Waals surface area contributed by atoms with E-state index in [4.69, 9.17) is 4.52 Å². The van der Waals surface area contributed by atoms with Gasteiger partial charge in [-0.15, -0.1) is 0 Å². The Hall–Kier alpha value is -1.89. The van der Waals surface area contributed by atoms with E-state index in [1.54, 1.807) is 4.90 Å². The molecule has 1 saturated heterocycles. The molecule has 1 atom stereocenters. The summed E-state index contributed by atoms with van der Waals surface area (Å²) in [5.74, 6) is -0.0693. The minimum absolute atomic E-state index is 0.0114. The minimum atomic E-state index is -0.551. The third-order valence-electron chi connectivity index (χ3n) is 2.81. The fraction of sp³-hybridized carbons (Fsp3) is 0.545. The molecule has 7 nitrogen and oxygen atoms in total. The van der Waals surface area contributed by atoms with Gasteiger partial charge in [0.05, 0.1) is 19.7 Å². The van der Waals surface area contributed by atoms with Crippen molar-refractivity contribution >= 4 is 11.9 Å². The highest BCUT2D eigenvalue weighted by Gasteiger charge is 2.26. The van der Waals surface area contributed by atoms with E-state index in [0.717, 1.165) is 6.54 Å². The maximum absolute atomic E-state index is 11.8. The summed E-state index contributed by atoms with van der Waals surface area (Å²) >= 11 is 0. The van der Waals surface area contributed by atoms with Crippen molar-refractivity contribution in [3.05, 3.63) is 17.5 Å². The molecule has 1 aromatic heterocycles. The van der Waals surface area contributed by atoms with Crippen molar-refractivity contribution in [2.75, 3.05) is 20.2 Å². The second-order valence-corrected chi connectivity index (χ2v) is 4.11. The fourth-order valence-electron chi connectivity index (χ4n) is 1.82. The lowest BCUT2D eigenvalue weighted by Crippen LogP contribution is -2.53. The molecule has 98 valence electrons. The summed E-state index contributed by atoms with van der Waals surface area (Å²) in [5.41, 5.74) is 0.114. The Kier molecular flexibility index (Phi) is 3.61. The van der Waals surface area contributed by atoms with Crippen molar-refractivity contribution < 1.29 is 18.8 Å². The largest absolute Gasteiger partial charge is 0.464 e. The number of carbonyl (C=O) groups excluding carboxylic acids is 2. The van der Waals surface area contributed by atoms with Crippen LogP contribution < -0.4 is 5.32 Å². The van der Waals surface area contributed by atoms with Crippen LogP contribution in [-0.4, -0.2) is 48.2 Å². The maximum Gasteiger partial charge on any atom is 0.360 e. The number of nitrogens with one attached hydrogen (secondary N) is 1. The van der Waals surface area contributed by atoms with E-state index >= 15 is 0 Å². The van der Waals surface area contributed by atoms with Crippen molar-refractivity contribution in [1.29, 1.82) is 0 Å². The van der Waals surface area contributed by atoms with E-state index in [2.05, 4.69) is 15.2 Å². The summed E-state index contributed by atoms with van der Waals surface area (Å²) < 4.78 is 9.53. The third-order valence-corrected chi connectivity index (χ3v) is 2.81. The van der Waals surface area contributed by atoms with Crippen LogP contribution in [0, 0.1) is 0 Å². The van der Waals surface area contributed by atoms with Crippen LogP contribution in [0.25, 0.3) is 0 Å². The maximum atomic E-state index is 11.8. The molecule has 1 fully saturated rings. The van der Waals surface area contributed by atoms with Crippen LogP contribution in [0.1, 0.15) is 23.2 Å². The smallest absolute Gasteiger partial charge is 0.360 e. The molecule has 0 saturated carbocycles. The zero-order valence-electron chi connectivity index (χ0n) is 10.3. The van der Waals surface area contributed by atoms with E-state index in [1.807, 2.05) is 6.92 Å². The number of carbonyl (C=O) groups is 2. The Morgan fingerprint density at radius 2 is 2.50 bits per heavy atom. The molecule has 2 heterocycles. The van der Waals surface area contributed by atoms with Crippen LogP contribution in [0.5, 0.6) is 0 Å². The van der Waals surface area contributed by atoms with Crippen molar-refractivity contribution in [1.82, 2.24) is 15.4 Å². The molecule has 0 radical (unpaired) electrons. The Morgan fingerprint density at radius 3 is 3.22 bits per heavy atom. The van der Waals surface area contributed by atoms with Gasteiger partial charge in [-0.25, -0.2) is 4.79 Å². The molecule has 1 aliphatic heterocycles. The van der Waals surface area contributed by atoms with Gasteiger partial charge in [-0.1, -0.05) is 5.16 Å². The third kappa shape index (κ3) is 2.51. The lowest BCUT2D eigenvalue weighted by molar-refractivity contribution is -0.136. The van der Waals surface area contributed by atoms with Gasteiger partial charge >= 0.3 is 5.97 Å². The minimum Gasteiger partial charge on any atom is -0.464 e. The van der Waals surface area contributed by atoms with Gasteiger partial charge in [0.2, 0.25) is 5.91 Å². The number of piperazine rings is 1. The van der Waals surface area contributed by atoms with Gasteiger partial charge in [0.1, 0.15) is 0 Å². The standard InChI is InChI=1S/C11H15N3O4/c1-7-10(15)14(4-3-12-7)6-8-5-9(13-18-8)11(16)17-2/h5,7,12H,3-4,6H2,1-2H3. The van der Waals surface area contributed by atoms with Gasteiger partial charge in [0, 0.05) is 19.2 Å². The summed E-state index contributed by atoms with van der Waals surface area (Å²) in [6.45, 7) is 3.48. The van der Waals surface area contributed by atoms with Crippen LogP contribution in [-0.2, 0) is 16.1 Å². The molecule has 0 bridgehead atoms. The Balaban J connectivity index is 2.03. The molecule has 0 aliphatic carbocycles. The molecule has 1 aliphatic rings. The molecule has 1 amide bonds. The van der Waals surface area contributed by atoms with Crippen LogP contribution in [0.4, 0.5) is 0 Å². The highest BCUT2D eigenvalue weighted by atomic mass is 16.5. The lowest BCUT2D eigenvalue weighted by atomic mass is 10.2. The van der Waals surface area contributed by atoms with Gasteiger partial charge in [0.25, 0.3) is 0 Å². The van der Waals surface area contributed by atoms with Crippen LogP contribution in [0.2, 0.25) is 0 Å². The van der Waals surface area contributed by atoms with E-state index < -0.39 is 5.97 Å². The van der Waals surface area contributed by atoms with E-state index in [-0.39, 0.29) is 17.6 Å². The molecule has 0 spiro atoms. The number of nitrogens with zero attached hydrogens (tertiary/aromatic N) is 2. The molecule has 1 aromatic rings. The number of hydrogen-bond donors (Lipinski definition) is 1. The van der Waals surface area contributed by atoms with Crippen LogP contribution >= 0.6 is 0 Å². The molecule has 1 N–H and O–H groups in total. The first kappa shape index (κ1) is 12.6. The van der Waals surface area contributed by atoms with E-state index in [9.17, 15) is 9.59 Å². The van der Waals surface area contributed by atoms with Gasteiger partial charge in [-0.05, 0) is 6.92 Å². The number of aromatic nitrogens is 1. The normalized spacial score (nSPS) is 20.0. The first-order valence-corrected chi connectivity index (χ1v) is 5.68. The summed E-state index contributed by atoms with van der Waals surface area (Å²) in [6.07, 6.45) is 0. The first-order valence-electron chi connectivity index (χ1n) is 5.68.